The van der Waals surface area contributed by atoms with Gasteiger partial charge in [-0.15, -0.1) is 0 Å². The molecule has 0 aromatic heterocycles. The third-order valence-corrected chi connectivity index (χ3v) is 7.73. The molecule has 7 nitrogen and oxygen atoms in total. The molecular formula is C31H33Cl2N3O4. The van der Waals surface area contributed by atoms with E-state index in [1.54, 1.807) is 16.9 Å². The number of carbonyl (C=O) groups excluding carboxylic acids is 1. The number of hydrogen-bond donors (Lipinski definition) is 1. The number of amidine groups is 1. The molecule has 1 saturated heterocycles. The summed E-state index contributed by atoms with van der Waals surface area (Å²) < 4.78 is 11.7. The van der Waals surface area contributed by atoms with E-state index in [9.17, 15) is 9.90 Å². The molecule has 3 aromatic rings. The molecule has 2 atom stereocenters. The molecule has 210 valence electrons. The molecule has 0 radical (unpaired) electrons. The number of aliphatic imine (C=N–C) groups is 1. The number of methoxy groups -OCH3 is 1. The predicted molar refractivity (Wildman–Crippen MR) is 158 cm³/mol. The molecule has 1 N–H and O–H groups in total. The number of likely N-dealkylation sites (tertiary alicyclic amines) is 1. The van der Waals surface area contributed by atoms with Gasteiger partial charge >= 0.3 is 6.03 Å². The number of nitrogens with zero attached hydrogens (tertiary/aromatic N) is 3. The van der Waals surface area contributed by atoms with Gasteiger partial charge in [0.1, 0.15) is 23.4 Å². The summed E-state index contributed by atoms with van der Waals surface area (Å²) in [5.74, 6) is 1.73. The van der Waals surface area contributed by atoms with Crippen molar-refractivity contribution in [2.45, 2.75) is 51.0 Å². The molecule has 40 heavy (non-hydrogen) atoms. The molecule has 9 heteroatoms. The van der Waals surface area contributed by atoms with Gasteiger partial charge in [-0.05, 0) is 74.2 Å². The second-order valence-electron chi connectivity index (χ2n) is 10.3. The zero-order valence-corrected chi connectivity index (χ0v) is 24.3. The maximum Gasteiger partial charge on any atom is 0.326 e. The lowest BCUT2D eigenvalue weighted by molar-refractivity contribution is 0.0847. The number of benzene rings is 3. The van der Waals surface area contributed by atoms with Crippen LogP contribution >= 0.6 is 23.2 Å². The Bertz CT molecular complexity index is 1370. The van der Waals surface area contributed by atoms with E-state index in [4.69, 9.17) is 37.7 Å². The Labute approximate surface area is 244 Å². The Morgan fingerprint density at radius 2 is 1.55 bits per heavy atom. The molecular weight excluding hydrogens is 549 g/mol. The summed E-state index contributed by atoms with van der Waals surface area (Å²) in [5.41, 5.74) is 2.51. The second-order valence-corrected chi connectivity index (χ2v) is 11.2. The Hall–Kier alpha value is -3.26. The molecule has 2 aliphatic heterocycles. The lowest BCUT2D eigenvalue weighted by Gasteiger charge is -2.37. The van der Waals surface area contributed by atoms with Crippen LogP contribution in [0.1, 0.15) is 55.5 Å². The van der Waals surface area contributed by atoms with E-state index in [1.807, 2.05) is 80.6 Å². The van der Waals surface area contributed by atoms with Crippen LogP contribution in [0.5, 0.6) is 11.5 Å². The van der Waals surface area contributed by atoms with Crippen LogP contribution in [0.4, 0.5) is 4.79 Å². The van der Waals surface area contributed by atoms with Crippen molar-refractivity contribution in [2.24, 2.45) is 4.99 Å². The smallest absolute Gasteiger partial charge is 0.326 e. The van der Waals surface area contributed by atoms with Crippen LogP contribution < -0.4 is 9.47 Å². The van der Waals surface area contributed by atoms with Crippen molar-refractivity contribution >= 4 is 35.1 Å². The quantitative estimate of drug-likeness (QED) is 0.343. The highest BCUT2D eigenvalue weighted by atomic mass is 35.5. The number of carbonyl (C=O) groups is 1. The summed E-state index contributed by atoms with van der Waals surface area (Å²) in [4.78, 5) is 23.2. The molecule has 0 bridgehead atoms. The minimum Gasteiger partial charge on any atom is -0.497 e. The summed E-state index contributed by atoms with van der Waals surface area (Å²) in [7, 11) is 1.61. The second kappa shape index (κ2) is 12.1. The van der Waals surface area contributed by atoms with Crippen LogP contribution in [-0.4, -0.2) is 59.2 Å². The molecule has 2 unspecified atom stereocenters. The van der Waals surface area contributed by atoms with Crippen LogP contribution in [0.15, 0.2) is 71.7 Å². The first-order valence-corrected chi connectivity index (χ1v) is 14.2. The van der Waals surface area contributed by atoms with Crippen LogP contribution in [0.25, 0.3) is 0 Å². The van der Waals surface area contributed by atoms with Crippen LogP contribution in [0.3, 0.4) is 0 Å². The number of piperidine rings is 1. The molecule has 2 amide bonds. The fourth-order valence-electron chi connectivity index (χ4n) is 5.23. The van der Waals surface area contributed by atoms with Crippen molar-refractivity contribution in [2.75, 3.05) is 20.2 Å². The highest BCUT2D eigenvalue weighted by Crippen LogP contribution is 2.46. The molecule has 0 spiro atoms. The van der Waals surface area contributed by atoms with Crippen molar-refractivity contribution < 1.29 is 19.4 Å². The minimum absolute atomic E-state index is 0.111. The molecule has 1 fully saturated rings. The van der Waals surface area contributed by atoms with Crippen LogP contribution in [0, 0.1) is 0 Å². The molecule has 5 rings (SSSR count). The molecule has 3 aromatic carbocycles. The normalized spacial score (nSPS) is 19.6. The van der Waals surface area contributed by atoms with Crippen molar-refractivity contribution in [3.05, 3.63) is 93.5 Å². The van der Waals surface area contributed by atoms with E-state index in [1.165, 1.54) is 0 Å². The third-order valence-electron chi connectivity index (χ3n) is 7.22. The first kappa shape index (κ1) is 28.3. The Morgan fingerprint density at radius 1 is 0.950 bits per heavy atom. The Balaban J connectivity index is 1.69. The highest BCUT2D eigenvalue weighted by molar-refractivity contribution is 6.30. The van der Waals surface area contributed by atoms with E-state index in [0.29, 0.717) is 58.9 Å². The Kier molecular flexibility index (Phi) is 8.54. The number of hydrogen-bond acceptors (Lipinski definition) is 5. The molecule has 0 saturated carbocycles. The monoisotopic (exact) mass is 581 g/mol. The number of amides is 2. The number of aliphatic hydroxyl groups excluding tert-OH is 1. The maximum absolute atomic E-state index is 14.4. The number of aliphatic hydroxyl groups is 1. The van der Waals surface area contributed by atoms with E-state index >= 15 is 0 Å². The van der Waals surface area contributed by atoms with Gasteiger partial charge in [0.05, 0.1) is 30.9 Å². The van der Waals surface area contributed by atoms with Gasteiger partial charge < -0.3 is 19.5 Å². The maximum atomic E-state index is 14.4. The van der Waals surface area contributed by atoms with Gasteiger partial charge in [0, 0.05) is 29.2 Å². The number of ether oxygens (including phenoxy) is 2. The van der Waals surface area contributed by atoms with Crippen molar-refractivity contribution in [1.82, 2.24) is 9.80 Å². The first-order valence-electron chi connectivity index (χ1n) is 13.4. The van der Waals surface area contributed by atoms with Crippen molar-refractivity contribution in [3.8, 4) is 11.5 Å². The van der Waals surface area contributed by atoms with E-state index in [0.717, 1.165) is 11.1 Å². The third kappa shape index (κ3) is 5.92. The fourth-order valence-corrected chi connectivity index (χ4v) is 5.48. The zero-order valence-electron chi connectivity index (χ0n) is 22.8. The lowest BCUT2D eigenvalue weighted by Crippen LogP contribution is -2.50. The summed E-state index contributed by atoms with van der Waals surface area (Å²) in [6, 6.07) is 19.6. The number of rotatable bonds is 6. The summed E-state index contributed by atoms with van der Waals surface area (Å²) in [6.07, 6.45) is 0.544. The van der Waals surface area contributed by atoms with Gasteiger partial charge in [0.25, 0.3) is 0 Å². The fraction of sp³-hybridized carbons (Fsp3) is 0.355. The van der Waals surface area contributed by atoms with Crippen molar-refractivity contribution in [1.29, 1.82) is 0 Å². The molecule has 0 aliphatic carbocycles. The van der Waals surface area contributed by atoms with Gasteiger partial charge in [0.15, 0.2) is 0 Å². The van der Waals surface area contributed by atoms with E-state index < -0.39 is 18.2 Å². The van der Waals surface area contributed by atoms with Gasteiger partial charge in [-0.25, -0.2) is 4.79 Å². The number of halogens is 2. The van der Waals surface area contributed by atoms with Gasteiger partial charge in [-0.3, -0.25) is 9.89 Å². The first-order chi connectivity index (χ1) is 19.2. The minimum atomic E-state index is -0.457. The standard InChI is InChI=1S/C31H33Cl2N3O4/c1-19(2)40-27-18-25(39-3)12-13-26(27)30-34-28(20-4-8-22(32)9-5-20)29(21-6-10-23(33)11-7-21)36(30)31(38)35-16-14-24(37)15-17-35/h4-13,18-19,24,28-29,37H,14-17H2,1-3H3. The van der Waals surface area contributed by atoms with Gasteiger partial charge in [-0.2, -0.15) is 0 Å². The average molecular weight is 583 g/mol. The van der Waals surface area contributed by atoms with Crippen LogP contribution in [0.2, 0.25) is 10.0 Å². The van der Waals surface area contributed by atoms with E-state index in [2.05, 4.69) is 0 Å². The largest absolute Gasteiger partial charge is 0.497 e. The average Bonchev–Trinajstić information content (AvgIpc) is 3.33. The van der Waals surface area contributed by atoms with Crippen LogP contribution in [-0.2, 0) is 0 Å². The molecule has 2 aliphatic rings. The topological polar surface area (TPSA) is 74.6 Å². The lowest BCUT2D eigenvalue weighted by atomic mass is 9.93. The zero-order chi connectivity index (χ0) is 28.4. The summed E-state index contributed by atoms with van der Waals surface area (Å²) in [6.45, 7) is 4.82. The van der Waals surface area contributed by atoms with E-state index in [-0.39, 0.29) is 12.1 Å². The van der Waals surface area contributed by atoms with Gasteiger partial charge in [-0.1, -0.05) is 47.5 Å². The SMILES string of the molecule is COc1ccc(C2=NC(c3ccc(Cl)cc3)C(c3ccc(Cl)cc3)N2C(=O)N2CCC(O)CC2)c(OC(C)C)c1. The number of urea groups is 1. The molecule has 2 heterocycles. The highest BCUT2D eigenvalue weighted by Gasteiger charge is 2.45. The van der Waals surface area contributed by atoms with Gasteiger partial charge in [0.2, 0.25) is 0 Å². The predicted octanol–water partition coefficient (Wildman–Crippen LogP) is 6.91. The van der Waals surface area contributed by atoms with Crippen molar-refractivity contribution in [3.63, 3.8) is 0 Å². The Morgan fingerprint density at radius 3 is 2.12 bits per heavy atom. The summed E-state index contributed by atoms with van der Waals surface area (Å²) in [5, 5.41) is 11.3. The summed E-state index contributed by atoms with van der Waals surface area (Å²) >= 11 is 12.5.